The number of hydrogen-bond donors (Lipinski definition) is 0. The molecule has 0 aromatic carbocycles. The van der Waals surface area contributed by atoms with Crippen molar-refractivity contribution in [3.63, 3.8) is 0 Å². The van der Waals surface area contributed by atoms with Gasteiger partial charge in [0.2, 0.25) is 3.79 Å². The van der Waals surface area contributed by atoms with Crippen LogP contribution in [0.5, 0.6) is 0 Å². The molecule has 0 spiro atoms. The highest BCUT2D eigenvalue weighted by molar-refractivity contribution is 7.91. The summed E-state index contributed by atoms with van der Waals surface area (Å²) in [6.07, 6.45) is 0. The smallest absolute Gasteiger partial charge is 0.265 e. The van der Waals surface area contributed by atoms with Gasteiger partial charge in [0.15, 0.2) is 0 Å². The van der Waals surface area contributed by atoms with Gasteiger partial charge in [0, 0.05) is 0 Å². The molecular weight excluding hydrogens is 293 g/mol. The summed E-state index contributed by atoms with van der Waals surface area (Å²) in [5, 5.41) is 0. The Kier molecular flexibility index (Phi) is 4.28. The van der Waals surface area contributed by atoms with Crippen molar-refractivity contribution in [1.29, 1.82) is 0 Å². The summed E-state index contributed by atoms with van der Waals surface area (Å²) >= 11 is 25.9. The van der Waals surface area contributed by atoms with E-state index in [9.17, 15) is 8.42 Å². The molecule has 12 heavy (non-hydrogen) atoms. The van der Waals surface area contributed by atoms with Crippen LogP contribution >= 0.6 is 58.0 Å². The SMILES string of the molecule is [CH2]OS(=O)(=O)C(Cl)(Cl)C(Cl)(Cl)Cl. The van der Waals surface area contributed by atoms with Gasteiger partial charge in [-0.25, -0.2) is 0 Å². The van der Waals surface area contributed by atoms with Crippen molar-refractivity contribution in [3.8, 4) is 0 Å². The quantitative estimate of drug-likeness (QED) is 0.581. The van der Waals surface area contributed by atoms with Crippen molar-refractivity contribution < 1.29 is 12.6 Å². The summed E-state index contributed by atoms with van der Waals surface area (Å²) in [7, 11) is -1.83. The second kappa shape index (κ2) is 3.85. The molecular formula is C3H2Cl5O3S. The molecule has 0 saturated heterocycles. The fraction of sp³-hybridized carbons (Fsp3) is 0.667. The molecule has 0 fully saturated rings. The molecule has 3 nitrogen and oxygen atoms in total. The van der Waals surface area contributed by atoms with E-state index in [4.69, 9.17) is 58.0 Å². The lowest BCUT2D eigenvalue weighted by Gasteiger charge is -2.24. The van der Waals surface area contributed by atoms with E-state index in [1.807, 2.05) is 0 Å². The summed E-state index contributed by atoms with van der Waals surface area (Å²) in [6.45, 7) is 0. The predicted molar refractivity (Wildman–Crippen MR) is 50.1 cm³/mol. The zero-order valence-electron chi connectivity index (χ0n) is 5.23. The topological polar surface area (TPSA) is 43.4 Å². The molecule has 0 atom stereocenters. The van der Waals surface area contributed by atoms with Crippen LogP contribution in [0.3, 0.4) is 0 Å². The number of halogens is 5. The van der Waals surface area contributed by atoms with Gasteiger partial charge < -0.3 is 0 Å². The van der Waals surface area contributed by atoms with Gasteiger partial charge in [-0.2, -0.15) is 8.42 Å². The van der Waals surface area contributed by atoms with E-state index in [0.29, 0.717) is 0 Å². The van der Waals surface area contributed by atoms with Crippen LogP contribution in [0.25, 0.3) is 0 Å². The lowest BCUT2D eigenvalue weighted by Crippen LogP contribution is -2.39. The van der Waals surface area contributed by atoms with Gasteiger partial charge >= 0.3 is 10.1 Å². The van der Waals surface area contributed by atoms with E-state index in [2.05, 4.69) is 11.3 Å². The predicted octanol–water partition coefficient (Wildman–Crippen LogP) is 2.63. The van der Waals surface area contributed by atoms with E-state index < -0.39 is 17.6 Å². The number of hydrogen-bond acceptors (Lipinski definition) is 3. The first-order chi connectivity index (χ1) is 5.06. The molecule has 0 aliphatic heterocycles. The standard InChI is InChI=1S/C3H2Cl5O3S/c1-11-12(9,10)3(7,8)2(4,5)6/h1H2. The monoisotopic (exact) mass is 293 g/mol. The lowest BCUT2D eigenvalue weighted by atomic mass is 10.9. The Balaban J connectivity index is 5.14. The largest absolute Gasteiger partial charge is 0.306 e. The summed E-state index contributed by atoms with van der Waals surface area (Å²) in [5.41, 5.74) is 0. The Hall–Kier alpha value is 1.36. The van der Waals surface area contributed by atoms with Crippen molar-refractivity contribution in [1.82, 2.24) is 0 Å². The van der Waals surface area contributed by atoms with E-state index >= 15 is 0 Å². The van der Waals surface area contributed by atoms with Gasteiger partial charge in [-0.3, -0.25) is 4.18 Å². The maximum atomic E-state index is 10.9. The molecule has 73 valence electrons. The lowest BCUT2D eigenvalue weighted by molar-refractivity contribution is 0.431. The Labute approximate surface area is 94.9 Å². The second-order valence-corrected chi connectivity index (χ2v) is 7.40. The minimum absolute atomic E-state index is 2.42. The molecule has 1 radical (unpaired) electrons. The van der Waals surface area contributed by atoms with Crippen molar-refractivity contribution in [2.45, 2.75) is 7.46 Å². The van der Waals surface area contributed by atoms with Crippen LogP contribution in [0.1, 0.15) is 0 Å². The van der Waals surface area contributed by atoms with Crippen LogP contribution < -0.4 is 0 Å². The van der Waals surface area contributed by atoms with Crippen LogP contribution in [0, 0.1) is 7.11 Å². The first-order valence-corrected chi connectivity index (χ1v) is 5.49. The molecule has 0 bridgehead atoms. The normalized spacial score (nSPS) is 14.8. The maximum absolute atomic E-state index is 10.9. The molecule has 0 aromatic heterocycles. The van der Waals surface area contributed by atoms with E-state index in [1.165, 1.54) is 0 Å². The summed E-state index contributed by atoms with van der Waals surface area (Å²) in [5.74, 6) is 0. The van der Waals surface area contributed by atoms with Crippen LogP contribution in [0.2, 0.25) is 0 Å². The maximum Gasteiger partial charge on any atom is 0.306 e. The molecule has 0 heterocycles. The average Bonchev–Trinajstić information content (AvgIpc) is 1.85. The molecule has 0 amide bonds. The second-order valence-electron chi connectivity index (χ2n) is 1.59. The third-order valence-electron chi connectivity index (χ3n) is 0.799. The number of alkyl halides is 5. The van der Waals surface area contributed by atoms with Crippen LogP contribution in [-0.4, -0.2) is 15.9 Å². The summed E-state index contributed by atoms with van der Waals surface area (Å²) < 4.78 is 20.4. The Morgan fingerprint density at radius 2 is 1.42 bits per heavy atom. The fourth-order valence-corrected chi connectivity index (χ4v) is 1.76. The highest BCUT2D eigenvalue weighted by atomic mass is 35.6. The Bertz CT molecular complexity index is 252. The third-order valence-corrected chi connectivity index (χ3v) is 5.51. The van der Waals surface area contributed by atoms with Crippen molar-refractivity contribution >= 4 is 68.1 Å². The molecule has 0 aliphatic carbocycles. The van der Waals surface area contributed by atoms with Crippen molar-refractivity contribution in [2.24, 2.45) is 0 Å². The van der Waals surface area contributed by atoms with Gasteiger partial charge in [0.1, 0.15) is 0 Å². The molecule has 0 aliphatic rings. The van der Waals surface area contributed by atoms with Crippen LogP contribution in [-0.2, 0) is 14.3 Å². The average molecular weight is 295 g/mol. The molecule has 0 saturated carbocycles. The fourth-order valence-electron chi connectivity index (χ4n) is 0.216. The highest BCUT2D eigenvalue weighted by Gasteiger charge is 2.57. The third kappa shape index (κ3) is 2.44. The molecule has 0 unspecified atom stereocenters. The van der Waals surface area contributed by atoms with Crippen molar-refractivity contribution in [3.05, 3.63) is 7.11 Å². The molecule has 0 rings (SSSR count). The van der Waals surface area contributed by atoms with Crippen LogP contribution in [0.15, 0.2) is 0 Å². The van der Waals surface area contributed by atoms with Crippen molar-refractivity contribution in [2.75, 3.05) is 0 Å². The zero-order valence-corrected chi connectivity index (χ0v) is 9.83. The van der Waals surface area contributed by atoms with E-state index in [-0.39, 0.29) is 0 Å². The van der Waals surface area contributed by atoms with E-state index in [1.54, 1.807) is 0 Å². The summed E-state index contributed by atoms with van der Waals surface area (Å²) in [4.78, 5) is 0. The minimum atomic E-state index is -4.43. The first kappa shape index (κ1) is 13.4. The van der Waals surface area contributed by atoms with Gasteiger partial charge in [-0.1, -0.05) is 58.0 Å². The first-order valence-electron chi connectivity index (χ1n) is 2.19. The van der Waals surface area contributed by atoms with Gasteiger partial charge in [0.05, 0.1) is 7.11 Å². The Morgan fingerprint density at radius 3 is 1.50 bits per heavy atom. The minimum Gasteiger partial charge on any atom is -0.265 e. The number of rotatable bonds is 2. The van der Waals surface area contributed by atoms with Crippen LogP contribution in [0.4, 0.5) is 0 Å². The van der Waals surface area contributed by atoms with Gasteiger partial charge in [-0.05, 0) is 0 Å². The highest BCUT2D eigenvalue weighted by Crippen LogP contribution is 2.49. The molecule has 0 N–H and O–H groups in total. The Morgan fingerprint density at radius 1 is 1.08 bits per heavy atom. The van der Waals surface area contributed by atoms with Gasteiger partial charge in [-0.15, -0.1) is 0 Å². The zero-order chi connectivity index (χ0) is 10.2. The molecule has 9 heteroatoms. The van der Waals surface area contributed by atoms with E-state index in [0.717, 1.165) is 0 Å². The summed E-state index contributed by atoms with van der Waals surface area (Å²) in [6, 6.07) is 0. The molecule has 0 aromatic rings. The van der Waals surface area contributed by atoms with Gasteiger partial charge in [0.25, 0.3) is 3.67 Å².